The van der Waals surface area contributed by atoms with Crippen LogP contribution in [-0.4, -0.2) is 25.1 Å². The number of hydrogen-bond donors (Lipinski definition) is 2. The summed E-state index contributed by atoms with van der Waals surface area (Å²) in [4.78, 5) is 12.0. The summed E-state index contributed by atoms with van der Waals surface area (Å²) < 4.78 is 5.85. The van der Waals surface area contributed by atoms with Crippen molar-refractivity contribution in [1.82, 2.24) is 10.6 Å². The molecule has 1 rings (SSSR count). The van der Waals surface area contributed by atoms with Gasteiger partial charge in [0.15, 0.2) is 6.10 Å². The molecule has 2 unspecified atom stereocenters. The van der Waals surface area contributed by atoms with E-state index in [0.29, 0.717) is 6.54 Å². The van der Waals surface area contributed by atoms with E-state index < -0.39 is 6.10 Å². The number of amides is 1. The molecule has 0 spiro atoms. The van der Waals surface area contributed by atoms with Crippen molar-refractivity contribution in [3.05, 3.63) is 29.8 Å². The molecule has 118 valence electrons. The number of nitrogens with one attached hydrogen (secondary N) is 2. The molecule has 2 N–H and O–H groups in total. The molecular formula is C17H28N2O2. The number of ether oxygens (including phenoxy) is 1. The summed E-state index contributed by atoms with van der Waals surface area (Å²) in [7, 11) is 0. The average molecular weight is 292 g/mol. The van der Waals surface area contributed by atoms with Crippen molar-refractivity contribution in [3.63, 3.8) is 0 Å². The minimum atomic E-state index is -0.489. The summed E-state index contributed by atoms with van der Waals surface area (Å²) in [6.07, 6.45) is 1.57. The number of para-hydroxylation sites is 1. The Morgan fingerprint density at radius 2 is 1.95 bits per heavy atom. The van der Waals surface area contributed by atoms with Gasteiger partial charge < -0.3 is 15.4 Å². The van der Waals surface area contributed by atoms with Crippen LogP contribution in [0.4, 0.5) is 0 Å². The monoisotopic (exact) mass is 292 g/mol. The summed E-state index contributed by atoms with van der Waals surface area (Å²) in [5.41, 5.74) is 1.08. The number of carbonyl (C=O) groups excluding carboxylic acids is 1. The van der Waals surface area contributed by atoms with E-state index >= 15 is 0 Å². The molecule has 0 radical (unpaired) electrons. The molecule has 0 aliphatic rings. The highest BCUT2D eigenvalue weighted by atomic mass is 16.5. The molecule has 0 heterocycles. The van der Waals surface area contributed by atoms with E-state index in [1.807, 2.05) is 24.3 Å². The molecule has 21 heavy (non-hydrogen) atoms. The summed E-state index contributed by atoms with van der Waals surface area (Å²) in [6, 6.07) is 8.06. The second kappa shape index (κ2) is 9.40. The van der Waals surface area contributed by atoms with Crippen molar-refractivity contribution in [2.45, 2.75) is 52.7 Å². The van der Waals surface area contributed by atoms with Crippen LogP contribution in [0, 0.1) is 0 Å². The second-order valence-electron chi connectivity index (χ2n) is 5.22. The van der Waals surface area contributed by atoms with E-state index in [1.165, 1.54) is 0 Å². The van der Waals surface area contributed by atoms with E-state index in [0.717, 1.165) is 30.7 Å². The lowest BCUT2D eigenvalue weighted by atomic mass is 10.1. The smallest absolute Gasteiger partial charge is 0.260 e. The Balaban J connectivity index is 2.67. The summed E-state index contributed by atoms with van der Waals surface area (Å²) in [5.74, 6) is 0.707. The molecule has 2 atom stereocenters. The molecule has 0 saturated heterocycles. The first-order chi connectivity index (χ1) is 10.1. The van der Waals surface area contributed by atoms with Crippen molar-refractivity contribution < 1.29 is 9.53 Å². The fourth-order valence-corrected chi connectivity index (χ4v) is 2.14. The van der Waals surface area contributed by atoms with E-state index in [4.69, 9.17) is 4.74 Å². The molecule has 0 aliphatic carbocycles. The van der Waals surface area contributed by atoms with Crippen molar-refractivity contribution in [2.75, 3.05) is 13.1 Å². The van der Waals surface area contributed by atoms with Crippen LogP contribution in [-0.2, 0) is 4.79 Å². The number of unbranched alkanes of at least 4 members (excludes halogenated alkanes) is 1. The maximum Gasteiger partial charge on any atom is 0.260 e. The molecule has 4 heteroatoms. The van der Waals surface area contributed by atoms with Gasteiger partial charge in [0.05, 0.1) is 0 Å². The first-order valence-corrected chi connectivity index (χ1v) is 7.86. The van der Waals surface area contributed by atoms with Crippen LogP contribution in [0.1, 0.15) is 52.1 Å². The number of hydrogen-bond acceptors (Lipinski definition) is 3. The van der Waals surface area contributed by atoms with Crippen LogP contribution in [0.15, 0.2) is 24.3 Å². The highest BCUT2D eigenvalue weighted by Gasteiger charge is 2.17. The lowest BCUT2D eigenvalue weighted by Crippen LogP contribution is -2.37. The Bertz CT molecular complexity index is 435. The Hall–Kier alpha value is -1.55. The van der Waals surface area contributed by atoms with Gasteiger partial charge in [0.2, 0.25) is 0 Å². The predicted octanol–water partition coefficient (Wildman–Crippen LogP) is 3.04. The molecule has 1 amide bonds. The molecule has 4 nitrogen and oxygen atoms in total. The van der Waals surface area contributed by atoms with Gasteiger partial charge in [-0.2, -0.15) is 0 Å². The number of carbonyl (C=O) groups is 1. The third-order valence-corrected chi connectivity index (χ3v) is 3.40. The van der Waals surface area contributed by atoms with Gasteiger partial charge in [-0.3, -0.25) is 4.79 Å². The summed E-state index contributed by atoms with van der Waals surface area (Å²) >= 11 is 0. The van der Waals surface area contributed by atoms with Crippen LogP contribution < -0.4 is 15.4 Å². The number of benzene rings is 1. The fourth-order valence-electron chi connectivity index (χ4n) is 2.14. The van der Waals surface area contributed by atoms with Gasteiger partial charge in [-0.15, -0.1) is 0 Å². The molecule has 0 saturated carbocycles. The molecule has 1 aromatic carbocycles. The minimum absolute atomic E-state index is 0.0608. The Labute approximate surface area is 128 Å². The van der Waals surface area contributed by atoms with Gasteiger partial charge in [0.25, 0.3) is 5.91 Å². The Morgan fingerprint density at radius 1 is 1.24 bits per heavy atom. The minimum Gasteiger partial charge on any atom is -0.481 e. The fraction of sp³-hybridized carbons (Fsp3) is 0.588. The van der Waals surface area contributed by atoms with Gasteiger partial charge >= 0.3 is 0 Å². The molecule has 1 aromatic rings. The quantitative estimate of drug-likeness (QED) is 0.688. The lowest BCUT2D eigenvalue weighted by Gasteiger charge is -2.20. The van der Waals surface area contributed by atoms with Crippen LogP contribution >= 0.6 is 0 Å². The zero-order valence-electron chi connectivity index (χ0n) is 13.6. The third kappa shape index (κ3) is 5.76. The van der Waals surface area contributed by atoms with Crippen LogP contribution in [0.25, 0.3) is 0 Å². The largest absolute Gasteiger partial charge is 0.481 e. The van der Waals surface area contributed by atoms with Gasteiger partial charge in [-0.05, 0) is 32.9 Å². The van der Waals surface area contributed by atoms with Gasteiger partial charge in [-0.1, -0.05) is 38.5 Å². The van der Waals surface area contributed by atoms with Crippen LogP contribution in [0.3, 0.4) is 0 Å². The summed E-state index contributed by atoms with van der Waals surface area (Å²) in [6.45, 7) is 9.66. The molecule has 0 fully saturated rings. The number of rotatable bonds is 9. The van der Waals surface area contributed by atoms with Gasteiger partial charge in [0.1, 0.15) is 5.75 Å². The summed E-state index contributed by atoms with van der Waals surface area (Å²) in [5, 5.41) is 6.26. The Kier molecular flexibility index (Phi) is 7.83. The van der Waals surface area contributed by atoms with Gasteiger partial charge in [0, 0.05) is 18.2 Å². The van der Waals surface area contributed by atoms with E-state index in [1.54, 1.807) is 6.92 Å². The first kappa shape index (κ1) is 17.5. The van der Waals surface area contributed by atoms with Gasteiger partial charge in [-0.25, -0.2) is 0 Å². The zero-order valence-corrected chi connectivity index (χ0v) is 13.6. The molecule has 0 aliphatic heterocycles. The highest BCUT2D eigenvalue weighted by molar-refractivity contribution is 5.80. The molecule has 0 aromatic heterocycles. The van der Waals surface area contributed by atoms with Crippen LogP contribution in [0.2, 0.25) is 0 Å². The third-order valence-electron chi connectivity index (χ3n) is 3.40. The topological polar surface area (TPSA) is 50.4 Å². The maximum absolute atomic E-state index is 12.0. The normalized spacial score (nSPS) is 13.5. The highest BCUT2D eigenvalue weighted by Crippen LogP contribution is 2.25. The van der Waals surface area contributed by atoms with Crippen molar-refractivity contribution in [1.29, 1.82) is 0 Å². The average Bonchev–Trinajstić information content (AvgIpc) is 2.48. The second-order valence-corrected chi connectivity index (χ2v) is 5.22. The molecule has 0 bridgehead atoms. The SMILES string of the molecule is CCCCNC(=O)C(C)Oc1ccccc1C(C)NCC. The maximum atomic E-state index is 12.0. The van der Waals surface area contributed by atoms with Crippen molar-refractivity contribution >= 4 is 5.91 Å². The van der Waals surface area contributed by atoms with Crippen molar-refractivity contribution in [3.8, 4) is 5.75 Å². The lowest BCUT2D eigenvalue weighted by molar-refractivity contribution is -0.127. The molecular weight excluding hydrogens is 264 g/mol. The zero-order chi connectivity index (χ0) is 15.7. The van der Waals surface area contributed by atoms with Crippen LogP contribution in [0.5, 0.6) is 5.75 Å². The Morgan fingerprint density at radius 3 is 2.62 bits per heavy atom. The first-order valence-electron chi connectivity index (χ1n) is 7.86. The standard InChI is InChI=1S/C17H28N2O2/c1-5-7-12-19-17(20)14(4)21-16-11-9-8-10-15(16)13(3)18-6-2/h8-11,13-14,18H,5-7,12H2,1-4H3,(H,19,20). The van der Waals surface area contributed by atoms with E-state index in [-0.39, 0.29) is 11.9 Å². The van der Waals surface area contributed by atoms with Crippen molar-refractivity contribution in [2.24, 2.45) is 0 Å². The van der Waals surface area contributed by atoms with E-state index in [9.17, 15) is 4.79 Å². The van der Waals surface area contributed by atoms with E-state index in [2.05, 4.69) is 31.4 Å². The predicted molar refractivity (Wildman–Crippen MR) is 86.5 cm³/mol.